The Morgan fingerprint density at radius 1 is 1.14 bits per heavy atom. The third-order valence-electron chi connectivity index (χ3n) is 2.86. The Morgan fingerprint density at radius 3 is 2.33 bits per heavy atom. The molecule has 0 bridgehead atoms. The van der Waals surface area contributed by atoms with Gasteiger partial charge in [0.15, 0.2) is 10.4 Å². The highest BCUT2D eigenvalue weighted by Gasteiger charge is 2.10. The van der Waals surface area contributed by atoms with Crippen LogP contribution in [0.4, 0.5) is 0 Å². The number of benzene rings is 1. The third kappa shape index (κ3) is 3.95. The van der Waals surface area contributed by atoms with Gasteiger partial charge in [0.1, 0.15) is 0 Å². The van der Waals surface area contributed by atoms with Gasteiger partial charge in [-0.05, 0) is 45.8 Å². The number of hydrogen-bond acceptors (Lipinski definition) is 3. The topological polar surface area (TPSA) is 62.6 Å². The fourth-order valence-electron chi connectivity index (χ4n) is 1.73. The molecule has 2 amide bonds. The Balaban J connectivity index is 1.95. The minimum Gasteiger partial charge on any atom is -0.444 e. The van der Waals surface area contributed by atoms with Crippen molar-refractivity contribution in [1.82, 2.24) is 10.2 Å². The van der Waals surface area contributed by atoms with Crippen LogP contribution in [0, 0.1) is 0 Å². The first kappa shape index (κ1) is 15.3. The number of halogens is 1. The number of hydrogen-bond donors (Lipinski definition) is 1. The van der Waals surface area contributed by atoms with Crippen LogP contribution in [0.25, 0.3) is 0 Å². The van der Waals surface area contributed by atoms with Gasteiger partial charge >= 0.3 is 0 Å². The Hall–Kier alpha value is -2.08. The molecule has 2 rings (SSSR count). The first-order valence-electron chi connectivity index (χ1n) is 6.31. The van der Waals surface area contributed by atoms with E-state index in [1.807, 2.05) is 12.1 Å². The number of nitrogens with one attached hydrogen (secondary N) is 1. The molecule has 0 saturated carbocycles. The highest BCUT2D eigenvalue weighted by atomic mass is 79.9. The molecule has 21 heavy (non-hydrogen) atoms. The summed E-state index contributed by atoms with van der Waals surface area (Å²) < 4.78 is 5.68. The quantitative estimate of drug-likeness (QED) is 0.921. The van der Waals surface area contributed by atoms with Gasteiger partial charge in [0, 0.05) is 26.2 Å². The number of rotatable bonds is 4. The molecule has 0 atom stereocenters. The molecule has 0 aliphatic rings. The van der Waals surface area contributed by atoms with E-state index < -0.39 is 0 Å². The first-order chi connectivity index (χ1) is 9.97. The molecule has 1 aromatic carbocycles. The second kappa shape index (κ2) is 6.58. The van der Waals surface area contributed by atoms with E-state index in [-0.39, 0.29) is 17.6 Å². The molecule has 5 nitrogen and oxygen atoms in total. The molecular formula is C15H15BrN2O3. The molecule has 0 aliphatic carbocycles. The second-order valence-electron chi connectivity index (χ2n) is 4.68. The van der Waals surface area contributed by atoms with Gasteiger partial charge < -0.3 is 14.6 Å². The molecule has 0 fully saturated rings. The van der Waals surface area contributed by atoms with Crippen LogP contribution < -0.4 is 5.32 Å². The van der Waals surface area contributed by atoms with Crippen LogP contribution in [0.1, 0.15) is 26.5 Å². The van der Waals surface area contributed by atoms with Gasteiger partial charge in [-0.25, -0.2) is 0 Å². The summed E-state index contributed by atoms with van der Waals surface area (Å²) in [4.78, 5) is 25.1. The number of carbonyl (C=O) groups excluding carboxylic acids is 2. The Kier molecular flexibility index (Phi) is 4.80. The van der Waals surface area contributed by atoms with E-state index in [9.17, 15) is 9.59 Å². The lowest BCUT2D eigenvalue weighted by molar-refractivity contribution is 0.0827. The molecule has 1 aromatic heterocycles. The average Bonchev–Trinajstić information content (AvgIpc) is 2.91. The Labute approximate surface area is 131 Å². The van der Waals surface area contributed by atoms with E-state index in [0.29, 0.717) is 16.8 Å². The van der Waals surface area contributed by atoms with Crippen molar-refractivity contribution in [2.75, 3.05) is 14.1 Å². The normalized spacial score (nSPS) is 10.2. The maximum atomic E-state index is 11.8. The SMILES string of the molecule is CN(C)C(=O)c1ccc(CNC(=O)c2ccc(Br)o2)cc1. The predicted octanol–water partition coefficient (Wildman–Crippen LogP) is 2.67. The van der Waals surface area contributed by atoms with E-state index in [2.05, 4.69) is 21.2 Å². The van der Waals surface area contributed by atoms with Crippen molar-refractivity contribution < 1.29 is 14.0 Å². The van der Waals surface area contributed by atoms with E-state index in [1.165, 1.54) is 4.90 Å². The highest BCUT2D eigenvalue weighted by molar-refractivity contribution is 9.10. The summed E-state index contributed by atoms with van der Waals surface area (Å²) in [7, 11) is 3.41. The smallest absolute Gasteiger partial charge is 0.287 e. The van der Waals surface area contributed by atoms with Crippen molar-refractivity contribution in [1.29, 1.82) is 0 Å². The second-order valence-corrected chi connectivity index (χ2v) is 5.46. The summed E-state index contributed by atoms with van der Waals surface area (Å²) in [6.07, 6.45) is 0. The van der Waals surface area contributed by atoms with Crippen LogP contribution in [0.3, 0.4) is 0 Å². The lowest BCUT2D eigenvalue weighted by atomic mass is 10.1. The fraction of sp³-hybridized carbons (Fsp3) is 0.200. The third-order valence-corrected chi connectivity index (χ3v) is 3.28. The van der Waals surface area contributed by atoms with E-state index >= 15 is 0 Å². The molecule has 0 saturated heterocycles. The molecule has 0 spiro atoms. The summed E-state index contributed by atoms with van der Waals surface area (Å²) in [6, 6.07) is 10.4. The van der Waals surface area contributed by atoms with Crippen LogP contribution in [-0.2, 0) is 6.54 Å². The zero-order chi connectivity index (χ0) is 15.4. The predicted molar refractivity (Wildman–Crippen MR) is 82.0 cm³/mol. The molecular weight excluding hydrogens is 336 g/mol. The van der Waals surface area contributed by atoms with Crippen LogP contribution in [-0.4, -0.2) is 30.8 Å². The van der Waals surface area contributed by atoms with Crippen LogP contribution >= 0.6 is 15.9 Å². The van der Waals surface area contributed by atoms with Crippen LogP contribution in [0.2, 0.25) is 0 Å². The maximum Gasteiger partial charge on any atom is 0.287 e. The minimum absolute atomic E-state index is 0.0500. The van der Waals surface area contributed by atoms with Crippen LogP contribution in [0.15, 0.2) is 45.5 Å². The lowest BCUT2D eigenvalue weighted by Gasteiger charge is -2.10. The van der Waals surface area contributed by atoms with Gasteiger partial charge in [-0.3, -0.25) is 9.59 Å². The molecule has 6 heteroatoms. The zero-order valence-corrected chi connectivity index (χ0v) is 13.3. The van der Waals surface area contributed by atoms with Crippen molar-refractivity contribution in [3.8, 4) is 0 Å². The first-order valence-corrected chi connectivity index (χ1v) is 7.11. The molecule has 1 heterocycles. The molecule has 110 valence electrons. The number of carbonyl (C=O) groups is 2. The molecule has 0 aliphatic heterocycles. The molecule has 0 radical (unpaired) electrons. The van der Waals surface area contributed by atoms with E-state index in [4.69, 9.17) is 4.42 Å². The lowest BCUT2D eigenvalue weighted by Crippen LogP contribution is -2.23. The van der Waals surface area contributed by atoms with Crippen molar-refractivity contribution >= 4 is 27.7 Å². The number of amides is 2. The van der Waals surface area contributed by atoms with Gasteiger partial charge in [0.25, 0.3) is 11.8 Å². The minimum atomic E-state index is -0.283. The van der Waals surface area contributed by atoms with Crippen molar-refractivity contribution in [3.63, 3.8) is 0 Å². The highest BCUT2D eigenvalue weighted by Crippen LogP contribution is 2.14. The molecule has 2 aromatic rings. The van der Waals surface area contributed by atoms with Gasteiger partial charge in [-0.15, -0.1) is 0 Å². The zero-order valence-electron chi connectivity index (χ0n) is 11.7. The van der Waals surface area contributed by atoms with Crippen molar-refractivity contribution in [3.05, 3.63) is 58.0 Å². The van der Waals surface area contributed by atoms with Crippen LogP contribution in [0.5, 0.6) is 0 Å². The Bertz CT molecular complexity index is 647. The summed E-state index contributed by atoms with van der Waals surface area (Å²) in [5.41, 5.74) is 1.52. The average molecular weight is 351 g/mol. The van der Waals surface area contributed by atoms with Gasteiger partial charge in [0.2, 0.25) is 0 Å². The molecule has 0 unspecified atom stereocenters. The Morgan fingerprint density at radius 2 is 1.81 bits per heavy atom. The van der Waals surface area contributed by atoms with Gasteiger partial charge in [-0.2, -0.15) is 0 Å². The van der Waals surface area contributed by atoms with Crippen molar-refractivity contribution in [2.24, 2.45) is 0 Å². The maximum absolute atomic E-state index is 11.8. The van der Waals surface area contributed by atoms with E-state index in [1.54, 1.807) is 38.4 Å². The van der Waals surface area contributed by atoms with E-state index in [0.717, 1.165) is 5.56 Å². The summed E-state index contributed by atoms with van der Waals surface area (Å²) in [6.45, 7) is 0.369. The van der Waals surface area contributed by atoms with Crippen molar-refractivity contribution in [2.45, 2.75) is 6.54 Å². The molecule has 1 N–H and O–H groups in total. The summed E-state index contributed by atoms with van der Waals surface area (Å²) in [5.74, 6) is -0.0820. The van der Waals surface area contributed by atoms with Gasteiger partial charge in [0.05, 0.1) is 0 Å². The largest absolute Gasteiger partial charge is 0.444 e. The van der Waals surface area contributed by atoms with Gasteiger partial charge in [-0.1, -0.05) is 12.1 Å². The standard InChI is InChI=1S/C15H15BrN2O3/c1-18(2)15(20)11-5-3-10(4-6-11)9-17-14(19)12-7-8-13(16)21-12/h3-8H,9H2,1-2H3,(H,17,19). The monoisotopic (exact) mass is 350 g/mol. The summed E-state index contributed by atoms with van der Waals surface area (Å²) >= 11 is 3.15. The summed E-state index contributed by atoms with van der Waals surface area (Å²) in [5, 5.41) is 2.75. The number of nitrogens with zero attached hydrogens (tertiary/aromatic N) is 1. The fourth-order valence-corrected chi connectivity index (χ4v) is 2.04. The number of furan rings is 1.